The van der Waals surface area contributed by atoms with Gasteiger partial charge in [0, 0.05) is 50.8 Å². The molecule has 23 heavy (non-hydrogen) atoms. The predicted molar refractivity (Wildman–Crippen MR) is 78.9 cm³/mol. The number of carboxylic acid groups (broad SMARTS) is 1. The molecule has 122 valence electrons. The number of carbonyl (C=O) groups is 2. The summed E-state index contributed by atoms with van der Waals surface area (Å²) in [5, 5.41) is 17.5. The monoisotopic (exact) mass is 318 g/mol. The smallest absolute Gasteiger partial charge is 0.331 e. The third kappa shape index (κ3) is 2.60. The maximum atomic E-state index is 12.4. The molecule has 0 aromatic carbocycles. The van der Waals surface area contributed by atoms with Gasteiger partial charge in [0.15, 0.2) is 11.2 Å². The van der Waals surface area contributed by atoms with Crippen LogP contribution in [-0.4, -0.2) is 49.9 Å². The molecule has 0 unspecified atom stereocenters. The first-order chi connectivity index (χ1) is 11.1. The fourth-order valence-electron chi connectivity index (χ4n) is 2.89. The first kappa shape index (κ1) is 15.3. The maximum Gasteiger partial charge on any atom is 0.331 e. The lowest BCUT2D eigenvalue weighted by atomic mass is 9.87. The Morgan fingerprint density at radius 3 is 2.65 bits per heavy atom. The second-order valence-electron chi connectivity index (χ2n) is 5.61. The van der Waals surface area contributed by atoms with Crippen LogP contribution in [0.3, 0.4) is 0 Å². The van der Waals surface area contributed by atoms with Gasteiger partial charge >= 0.3 is 5.97 Å². The molecule has 1 N–H and O–H groups in total. The van der Waals surface area contributed by atoms with Crippen molar-refractivity contribution in [2.75, 3.05) is 13.1 Å². The van der Waals surface area contributed by atoms with Crippen LogP contribution in [0, 0.1) is 0 Å². The van der Waals surface area contributed by atoms with Crippen molar-refractivity contribution in [1.29, 1.82) is 0 Å². The second-order valence-corrected chi connectivity index (χ2v) is 5.61. The van der Waals surface area contributed by atoms with Crippen LogP contribution in [0.25, 0.3) is 0 Å². The van der Waals surface area contributed by atoms with Gasteiger partial charge in [-0.15, -0.1) is 0 Å². The van der Waals surface area contributed by atoms with Gasteiger partial charge in [-0.3, -0.25) is 9.48 Å². The molecule has 0 atom stereocenters. The van der Waals surface area contributed by atoms with Crippen LogP contribution in [0.4, 0.5) is 0 Å². The largest absolute Gasteiger partial charge is 0.479 e. The second kappa shape index (κ2) is 5.86. The Morgan fingerprint density at radius 1 is 1.39 bits per heavy atom. The number of carboxylic acids is 1. The van der Waals surface area contributed by atoms with Crippen molar-refractivity contribution in [3.8, 4) is 0 Å². The Hall–Kier alpha value is -2.64. The van der Waals surface area contributed by atoms with Crippen molar-refractivity contribution in [2.45, 2.75) is 31.7 Å². The molecule has 2 aromatic rings. The highest BCUT2D eigenvalue weighted by Gasteiger charge is 2.45. The predicted octanol–water partition coefficient (Wildman–Crippen LogP) is 1.15. The molecule has 8 nitrogen and oxygen atoms in total. The number of nitrogens with zero attached hydrogens (tertiary/aromatic N) is 4. The van der Waals surface area contributed by atoms with E-state index in [1.165, 1.54) is 4.68 Å². The minimum Gasteiger partial charge on any atom is -0.479 e. The van der Waals surface area contributed by atoms with E-state index in [-0.39, 0.29) is 11.6 Å². The molecule has 0 bridgehead atoms. The summed E-state index contributed by atoms with van der Waals surface area (Å²) in [7, 11) is 0. The molecular weight excluding hydrogens is 300 g/mol. The summed E-state index contributed by atoms with van der Waals surface area (Å²) in [6.45, 7) is 2.58. The summed E-state index contributed by atoms with van der Waals surface area (Å²) < 4.78 is 6.53. The summed E-state index contributed by atoms with van der Waals surface area (Å²) in [6.07, 6.45) is 4.48. The van der Waals surface area contributed by atoms with Crippen LogP contribution in [0.1, 0.15) is 36.0 Å². The molecule has 0 radical (unpaired) electrons. The molecule has 3 heterocycles. The summed E-state index contributed by atoms with van der Waals surface area (Å²) in [6, 6.07) is 3.33. The standard InChI is InChI=1S/C15H18N4O4/c1-2-11-10-12(17-23-11)13(20)18-8-4-15(5-9-18,14(21)22)19-7-3-6-16-19/h3,6-7,10H,2,4-5,8-9H2,1H3,(H,21,22). The third-order valence-corrected chi connectivity index (χ3v) is 4.35. The van der Waals surface area contributed by atoms with Crippen LogP contribution in [0.15, 0.2) is 29.0 Å². The van der Waals surface area contributed by atoms with Crippen molar-refractivity contribution in [3.05, 3.63) is 36.0 Å². The molecule has 1 amide bonds. The number of rotatable bonds is 4. The van der Waals surface area contributed by atoms with Gasteiger partial charge in [0.2, 0.25) is 0 Å². The van der Waals surface area contributed by atoms with Gasteiger partial charge in [-0.05, 0) is 6.07 Å². The summed E-state index contributed by atoms with van der Waals surface area (Å²) in [5.74, 6) is -0.502. The number of aryl methyl sites for hydroxylation is 1. The third-order valence-electron chi connectivity index (χ3n) is 4.35. The molecule has 0 aliphatic carbocycles. The van der Waals surface area contributed by atoms with Gasteiger partial charge in [-0.2, -0.15) is 5.10 Å². The minimum atomic E-state index is -1.10. The van der Waals surface area contributed by atoms with E-state index < -0.39 is 11.5 Å². The number of hydrogen-bond acceptors (Lipinski definition) is 5. The van der Waals surface area contributed by atoms with Gasteiger partial charge in [0.25, 0.3) is 5.91 Å². The minimum absolute atomic E-state index is 0.229. The molecule has 2 aromatic heterocycles. The van der Waals surface area contributed by atoms with Gasteiger partial charge in [0.1, 0.15) is 5.76 Å². The first-order valence-electron chi connectivity index (χ1n) is 7.55. The molecule has 1 saturated heterocycles. The molecule has 1 fully saturated rings. The van der Waals surface area contributed by atoms with Crippen molar-refractivity contribution in [3.63, 3.8) is 0 Å². The Kier molecular flexibility index (Phi) is 3.89. The van der Waals surface area contributed by atoms with E-state index in [0.717, 1.165) is 0 Å². The number of piperidine rings is 1. The molecule has 0 saturated carbocycles. The van der Waals surface area contributed by atoms with E-state index in [9.17, 15) is 14.7 Å². The van der Waals surface area contributed by atoms with Crippen molar-refractivity contribution in [2.24, 2.45) is 0 Å². The van der Waals surface area contributed by atoms with Gasteiger partial charge in [0.05, 0.1) is 0 Å². The Labute approximate surface area is 132 Å². The lowest BCUT2D eigenvalue weighted by Gasteiger charge is -2.38. The number of carbonyl (C=O) groups excluding carboxylic acids is 1. The van der Waals surface area contributed by atoms with Crippen LogP contribution >= 0.6 is 0 Å². The normalized spacial score (nSPS) is 17.2. The molecule has 8 heteroatoms. The van der Waals surface area contributed by atoms with E-state index in [0.29, 0.717) is 38.1 Å². The van der Waals surface area contributed by atoms with Gasteiger partial charge < -0.3 is 14.5 Å². The number of amides is 1. The number of likely N-dealkylation sites (tertiary alicyclic amines) is 1. The topological polar surface area (TPSA) is 101 Å². The SMILES string of the molecule is CCc1cc(C(=O)N2CCC(C(=O)O)(n3cccn3)CC2)no1. The lowest BCUT2D eigenvalue weighted by molar-refractivity contribution is -0.150. The fraction of sp³-hybridized carbons (Fsp3) is 0.467. The highest BCUT2D eigenvalue weighted by atomic mass is 16.5. The number of aliphatic carboxylic acids is 1. The van der Waals surface area contributed by atoms with Crippen LogP contribution in [0.5, 0.6) is 0 Å². The van der Waals surface area contributed by atoms with E-state index >= 15 is 0 Å². The quantitative estimate of drug-likeness (QED) is 0.907. The van der Waals surface area contributed by atoms with E-state index in [4.69, 9.17) is 4.52 Å². The zero-order valence-electron chi connectivity index (χ0n) is 12.8. The highest BCUT2D eigenvalue weighted by Crippen LogP contribution is 2.30. The van der Waals surface area contributed by atoms with Crippen LogP contribution in [0.2, 0.25) is 0 Å². The molecular formula is C15H18N4O4. The molecule has 3 rings (SSSR count). The molecule has 1 aliphatic heterocycles. The maximum absolute atomic E-state index is 12.4. The zero-order chi connectivity index (χ0) is 16.4. The zero-order valence-corrected chi connectivity index (χ0v) is 12.8. The summed E-state index contributed by atoms with van der Waals surface area (Å²) in [5.41, 5.74) is -0.831. The highest BCUT2D eigenvalue weighted by molar-refractivity contribution is 5.92. The van der Waals surface area contributed by atoms with E-state index in [1.54, 1.807) is 29.4 Å². The Balaban J connectivity index is 1.74. The van der Waals surface area contributed by atoms with E-state index in [1.807, 2.05) is 6.92 Å². The van der Waals surface area contributed by atoms with Gasteiger partial charge in [-0.1, -0.05) is 12.1 Å². The summed E-state index contributed by atoms with van der Waals surface area (Å²) in [4.78, 5) is 25.8. The average molecular weight is 318 g/mol. The molecule has 0 spiro atoms. The Bertz CT molecular complexity index is 699. The lowest BCUT2D eigenvalue weighted by Crippen LogP contribution is -2.52. The van der Waals surface area contributed by atoms with Gasteiger partial charge in [-0.25, -0.2) is 4.79 Å². The Morgan fingerprint density at radius 2 is 2.13 bits per heavy atom. The summed E-state index contributed by atoms with van der Waals surface area (Å²) >= 11 is 0. The van der Waals surface area contributed by atoms with Crippen LogP contribution in [-0.2, 0) is 16.8 Å². The van der Waals surface area contributed by atoms with Crippen molar-refractivity contribution in [1.82, 2.24) is 19.8 Å². The van der Waals surface area contributed by atoms with Crippen molar-refractivity contribution < 1.29 is 19.2 Å². The average Bonchev–Trinajstić information content (AvgIpc) is 3.25. The van der Waals surface area contributed by atoms with E-state index in [2.05, 4.69) is 10.3 Å². The van der Waals surface area contributed by atoms with Crippen LogP contribution < -0.4 is 0 Å². The number of hydrogen-bond donors (Lipinski definition) is 1. The van der Waals surface area contributed by atoms with Crippen molar-refractivity contribution >= 4 is 11.9 Å². The molecule has 1 aliphatic rings. The number of aromatic nitrogens is 3. The fourth-order valence-corrected chi connectivity index (χ4v) is 2.89. The first-order valence-corrected chi connectivity index (χ1v) is 7.55.